The standard InChI is InChI=1S/C13H18N2O3/c1-18-13(17)10-4-5-11(14-7-10)8-15-6-2-3-12(16)9-15/h4-5,7,12,16H,2-3,6,8-9H2,1H3. The molecule has 1 fully saturated rings. The molecule has 5 heteroatoms. The zero-order chi connectivity index (χ0) is 13.0. The van der Waals surface area contributed by atoms with Gasteiger partial charge in [0.25, 0.3) is 0 Å². The van der Waals surface area contributed by atoms with Gasteiger partial charge in [-0.2, -0.15) is 0 Å². The number of likely N-dealkylation sites (tertiary alicyclic amines) is 1. The van der Waals surface area contributed by atoms with Gasteiger partial charge in [-0.05, 0) is 31.5 Å². The van der Waals surface area contributed by atoms with Gasteiger partial charge in [-0.3, -0.25) is 9.88 Å². The fraction of sp³-hybridized carbons (Fsp3) is 0.538. The zero-order valence-electron chi connectivity index (χ0n) is 10.5. The third kappa shape index (κ3) is 3.27. The first-order valence-electron chi connectivity index (χ1n) is 6.12. The summed E-state index contributed by atoms with van der Waals surface area (Å²) in [6.07, 6.45) is 3.20. The number of aliphatic hydroxyl groups excluding tert-OH is 1. The molecule has 1 aliphatic rings. The minimum Gasteiger partial charge on any atom is -0.465 e. The first kappa shape index (κ1) is 13.0. The first-order chi connectivity index (χ1) is 8.69. The second-order valence-corrected chi connectivity index (χ2v) is 4.56. The van der Waals surface area contributed by atoms with E-state index in [0.717, 1.165) is 25.1 Å². The molecule has 0 aliphatic carbocycles. The number of piperidine rings is 1. The molecular weight excluding hydrogens is 232 g/mol. The highest BCUT2D eigenvalue weighted by Gasteiger charge is 2.18. The van der Waals surface area contributed by atoms with Crippen molar-refractivity contribution >= 4 is 5.97 Å². The van der Waals surface area contributed by atoms with Crippen LogP contribution in [0.1, 0.15) is 28.9 Å². The fourth-order valence-corrected chi connectivity index (χ4v) is 2.16. The fourth-order valence-electron chi connectivity index (χ4n) is 2.16. The van der Waals surface area contributed by atoms with Crippen molar-refractivity contribution in [3.63, 3.8) is 0 Å². The predicted octanol–water partition coefficient (Wildman–Crippen LogP) is 0.825. The third-order valence-corrected chi connectivity index (χ3v) is 3.11. The topological polar surface area (TPSA) is 62.7 Å². The van der Waals surface area contributed by atoms with Gasteiger partial charge in [-0.15, -0.1) is 0 Å². The Kier molecular flexibility index (Phi) is 4.28. The normalized spacial score (nSPS) is 20.7. The Labute approximate surface area is 106 Å². The molecule has 1 N–H and O–H groups in total. The molecule has 1 aromatic heterocycles. The van der Waals surface area contributed by atoms with Gasteiger partial charge in [0.2, 0.25) is 0 Å². The summed E-state index contributed by atoms with van der Waals surface area (Å²) < 4.78 is 4.62. The van der Waals surface area contributed by atoms with E-state index in [4.69, 9.17) is 0 Å². The molecule has 18 heavy (non-hydrogen) atoms. The number of methoxy groups -OCH3 is 1. The number of hydrogen-bond acceptors (Lipinski definition) is 5. The van der Waals surface area contributed by atoms with Crippen molar-refractivity contribution in [1.82, 2.24) is 9.88 Å². The molecule has 0 radical (unpaired) electrons. The summed E-state index contributed by atoms with van der Waals surface area (Å²) in [7, 11) is 1.35. The summed E-state index contributed by atoms with van der Waals surface area (Å²) in [6, 6.07) is 3.54. The highest BCUT2D eigenvalue weighted by atomic mass is 16.5. The van der Waals surface area contributed by atoms with Crippen molar-refractivity contribution < 1.29 is 14.6 Å². The van der Waals surface area contributed by atoms with Gasteiger partial charge < -0.3 is 9.84 Å². The van der Waals surface area contributed by atoms with Crippen molar-refractivity contribution in [3.05, 3.63) is 29.6 Å². The number of hydrogen-bond donors (Lipinski definition) is 1. The lowest BCUT2D eigenvalue weighted by Crippen LogP contribution is -2.37. The number of nitrogens with zero attached hydrogens (tertiary/aromatic N) is 2. The second kappa shape index (κ2) is 5.93. The lowest BCUT2D eigenvalue weighted by molar-refractivity contribution is 0.0600. The number of β-amino-alcohol motifs (C(OH)–C–C–N with tert-alkyl or cyclic N) is 1. The van der Waals surface area contributed by atoms with Crippen molar-refractivity contribution in [2.24, 2.45) is 0 Å². The molecule has 5 nitrogen and oxygen atoms in total. The van der Waals surface area contributed by atoms with E-state index in [-0.39, 0.29) is 12.1 Å². The summed E-state index contributed by atoms with van der Waals surface area (Å²) >= 11 is 0. The monoisotopic (exact) mass is 250 g/mol. The molecule has 1 unspecified atom stereocenters. The predicted molar refractivity (Wildman–Crippen MR) is 66.1 cm³/mol. The summed E-state index contributed by atoms with van der Waals surface area (Å²) in [4.78, 5) is 17.7. The van der Waals surface area contributed by atoms with E-state index in [1.54, 1.807) is 6.07 Å². The molecule has 0 saturated carbocycles. The summed E-state index contributed by atoms with van der Waals surface area (Å²) in [5.74, 6) is -0.373. The van der Waals surface area contributed by atoms with Crippen molar-refractivity contribution in [2.75, 3.05) is 20.2 Å². The van der Waals surface area contributed by atoms with Gasteiger partial charge >= 0.3 is 5.97 Å². The number of carbonyl (C=O) groups excluding carboxylic acids is 1. The number of pyridine rings is 1. The maximum absolute atomic E-state index is 11.3. The molecule has 1 atom stereocenters. The number of carbonyl (C=O) groups is 1. The van der Waals surface area contributed by atoms with Crippen LogP contribution in [0.5, 0.6) is 0 Å². The first-order valence-corrected chi connectivity index (χ1v) is 6.12. The van der Waals surface area contributed by atoms with Gasteiger partial charge in [0, 0.05) is 19.3 Å². The molecule has 0 amide bonds. The number of esters is 1. The van der Waals surface area contributed by atoms with Crippen LogP contribution in [0.2, 0.25) is 0 Å². The zero-order valence-corrected chi connectivity index (χ0v) is 10.5. The molecule has 0 spiro atoms. The van der Waals surface area contributed by atoms with E-state index in [1.165, 1.54) is 13.3 Å². The minimum atomic E-state index is -0.373. The van der Waals surface area contributed by atoms with Gasteiger partial charge in [0.1, 0.15) is 0 Å². The summed E-state index contributed by atoms with van der Waals surface area (Å²) in [6.45, 7) is 2.39. The van der Waals surface area contributed by atoms with E-state index in [0.29, 0.717) is 18.7 Å². The maximum atomic E-state index is 11.3. The molecule has 0 aromatic carbocycles. The molecular formula is C13H18N2O3. The average molecular weight is 250 g/mol. The molecule has 1 aliphatic heterocycles. The van der Waals surface area contributed by atoms with Crippen molar-refractivity contribution in [3.8, 4) is 0 Å². The number of aromatic nitrogens is 1. The second-order valence-electron chi connectivity index (χ2n) is 4.56. The smallest absolute Gasteiger partial charge is 0.339 e. The van der Waals surface area contributed by atoms with Crippen LogP contribution in [0.15, 0.2) is 18.3 Å². The van der Waals surface area contributed by atoms with Gasteiger partial charge in [-0.25, -0.2) is 4.79 Å². The molecule has 1 saturated heterocycles. The largest absolute Gasteiger partial charge is 0.465 e. The molecule has 2 rings (SSSR count). The van der Waals surface area contributed by atoms with E-state index in [2.05, 4.69) is 14.6 Å². The highest BCUT2D eigenvalue weighted by Crippen LogP contribution is 2.13. The van der Waals surface area contributed by atoms with Crippen LogP contribution in [0.25, 0.3) is 0 Å². The van der Waals surface area contributed by atoms with E-state index in [1.807, 2.05) is 6.07 Å². The Bertz CT molecular complexity index is 405. The number of ether oxygens (including phenoxy) is 1. The van der Waals surface area contributed by atoms with Crippen LogP contribution in [-0.4, -0.2) is 47.3 Å². The van der Waals surface area contributed by atoms with E-state index >= 15 is 0 Å². The highest BCUT2D eigenvalue weighted by molar-refractivity contribution is 5.88. The minimum absolute atomic E-state index is 0.229. The Morgan fingerprint density at radius 3 is 3.06 bits per heavy atom. The van der Waals surface area contributed by atoms with Crippen LogP contribution in [0.4, 0.5) is 0 Å². The maximum Gasteiger partial charge on any atom is 0.339 e. The number of aliphatic hydroxyl groups is 1. The molecule has 0 bridgehead atoms. The average Bonchev–Trinajstić information content (AvgIpc) is 2.39. The molecule has 98 valence electrons. The summed E-state index contributed by atoms with van der Waals surface area (Å²) in [5.41, 5.74) is 1.36. The van der Waals surface area contributed by atoms with Crippen LogP contribution in [-0.2, 0) is 11.3 Å². The SMILES string of the molecule is COC(=O)c1ccc(CN2CCCC(O)C2)nc1. The summed E-state index contributed by atoms with van der Waals surface area (Å²) in [5, 5.41) is 9.58. The lowest BCUT2D eigenvalue weighted by atomic mass is 10.1. The molecule has 1 aromatic rings. The Hall–Kier alpha value is -1.46. The lowest BCUT2D eigenvalue weighted by Gasteiger charge is -2.29. The Balaban J connectivity index is 1.95. The quantitative estimate of drug-likeness (QED) is 0.805. The van der Waals surface area contributed by atoms with Gasteiger partial charge in [0.15, 0.2) is 0 Å². The Morgan fingerprint density at radius 1 is 1.61 bits per heavy atom. The van der Waals surface area contributed by atoms with Crippen molar-refractivity contribution in [2.45, 2.75) is 25.5 Å². The van der Waals surface area contributed by atoms with Crippen LogP contribution in [0.3, 0.4) is 0 Å². The van der Waals surface area contributed by atoms with Crippen LogP contribution >= 0.6 is 0 Å². The third-order valence-electron chi connectivity index (χ3n) is 3.11. The van der Waals surface area contributed by atoms with Gasteiger partial charge in [0.05, 0.1) is 24.5 Å². The van der Waals surface area contributed by atoms with Crippen LogP contribution < -0.4 is 0 Å². The number of rotatable bonds is 3. The molecule has 2 heterocycles. The Morgan fingerprint density at radius 2 is 2.44 bits per heavy atom. The van der Waals surface area contributed by atoms with Crippen molar-refractivity contribution in [1.29, 1.82) is 0 Å². The van der Waals surface area contributed by atoms with E-state index in [9.17, 15) is 9.90 Å². The van der Waals surface area contributed by atoms with E-state index < -0.39 is 0 Å². The van der Waals surface area contributed by atoms with Gasteiger partial charge in [-0.1, -0.05) is 0 Å². The van der Waals surface area contributed by atoms with Crippen LogP contribution in [0, 0.1) is 0 Å².